The van der Waals surface area contributed by atoms with Crippen LogP contribution in [0.1, 0.15) is 25.1 Å². The lowest BCUT2D eigenvalue weighted by Crippen LogP contribution is -2.30. The average molecular weight is 337 g/mol. The molecule has 1 aromatic carbocycles. The fourth-order valence-corrected chi connectivity index (χ4v) is 2.81. The molecule has 0 N–H and O–H groups in total. The van der Waals surface area contributed by atoms with Gasteiger partial charge in [-0.1, -0.05) is 0 Å². The number of alkyl halides is 3. The highest BCUT2D eigenvalue weighted by molar-refractivity contribution is 5.63. The molecular weight excluding hydrogens is 319 g/mol. The number of rotatable bonds is 3. The summed E-state index contributed by atoms with van der Waals surface area (Å²) in [5.74, 6) is 1.27. The molecule has 3 rings (SSSR count). The summed E-state index contributed by atoms with van der Waals surface area (Å²) < 4.78 is 40.6. The monoisotopic (exact) mass is 337 g/mol. The number of hydrogen-bond donors (Lipinski definition) is 0. The van der Waals surface area contributed by atoms with E-state index in [0.717, 1.165) is 37.3 Å². The predicted octanol–water partition coefficient (Wildman–Crippen LogP) is 4.34. The van der Waals surface area contributed by atoms with Crippen molar-refractivity contribution in [3.05, 3.63) is 36.2 Å². The third-order valence-electron chi connectivity index (χ3n) is 3.89. The Kier molecular flexibility index (Phi) is 4.59. The van der Waals surface area contributed by atoms with Crippen LogP contribution in [0.25, 0.3) is 11.3 Å². The molecule has 2 heterocycles. The third-order valence-corrected chi connectivity index (χ3v) is 3.89. The van der Waals surface area contributed by atoms with Gasteiger partial charge in [0.1, 0.15) is 17.4 Å². The summed E-state index contributed by atoms with van der Waals surface area (Å²) in [5.41, 5.74) is 1.43. The van der Waals surface area contributed by atoms with E-state index >= 15 is 0 Å². The van der Waals surface area contributed by atoms with Gasteiger partial charge in [-0.05, 0) is 50.5 Å². The average Bonchev–Trinajstić information content (AvgIpc) is 2.54. The molecule has 0 unspecified atom stereocenters. The number of aryl methyl sites for hydroxylation is 1. The van der Waals surface area contributed by atoms with Crippen molar-refractivity contribution < 1.29 is 17.9 Å². The molecule has 4 nitrogen and oxygen atoms in total. The van der Waals surface area contributed by atoms with Crippen molar-refractivity contribution in [2.45, 2.75) is 32.5 Å². The van der Waals surface area contributed by atoms with E-state index in [1.165, 1.54) is 18.6 Å². The molecule has 1 aliphatic heterocycles. The Hall–Kier alpha value is -2.31. The van der Waals surface area contributed by atoms with E-state index < -0.39 is 6.36 Å². The van der Waals surface area contributed by atoms with Crippen molar-refractivity contribution in [3.63, 3.8) is 0 Å². The molecule has 24 heavy (non-hydrogen) atoms. The van der Waals surface area contributed by atoms with E-state index in [1.807, 2.05) is 13.0 Å². The largest absolute Gasteiger partial charge is 0.573 e. The fraction of sp³-hybridized carbons (Fsp3) is 0.412. The summed E-state index contributed by atoms with van der Waals surface area (Å²) in [6.45, 7) is 3.75. The van der Waals surface area contributed by atoms with Crippen molar-refractivity contribution in [2.75, 3.05) is 18.0 Å². The second kappa shape index (κ2) is 6.67. The fourth-order valence-electron chi connectivity index (χ4n) is 2.81. The maximum Gasteiger partial charge on any atom is 0.573 e. The SMILES string of the molecule is Cc1nc(-c2ccc(OC(F)(F)F)cc2)cc(N2CCCCC2)n1. The molecule has 0 aliphatic carbocycles. The molecule has 0 saturated carbocycles. The Morgan fingerprint density at radius 2 is 1.67 bits per heavy atom. The quantitative estimate of drug-likeness (QED) is 0.835. The highest BCUT2D eigenvalue weighted by Crippen LogP contribution is 2.28. The number of hydrogen-bond acceptors (Lipinski definition) is 4. The molecule has 7 heteroatoms. The number of nitrogens with zero attached hydrogens (tertiary/aromatic N) is 3. The predicted molar refractivity (Wildman–Crippen MR) is 85.0 cm³/mol. The molecular formula is C17H18F3N3O. The molecule has 128 valence electrons. The van der Waals surface area contributed by atoms with Gasteiger partial charge in [-0.2, -0.15) is 0 Å². The van der Waals surface area contributed by atoms with Crippen LogP contribution in [0, 0.1) is 6.92 Å². The number of halogens is 3. The van der Waals surface area contributed by atoms with E-state index in [1.54, 1.807) is 12.1 Å². The maximum absolute atomic E-state index is 12.2. The van der Waals surface area contributed by atoms with Gasteiger partial charge in [-0.15, -0.1) is 13.2 Å². The van der Waals surface area contributed by atoms with Crippen LogP contribution in [-0.4, -0.2) is 29.4 Å². The van der Waals surface area contributed by atoms with Crippen LogP contribution >= 0.6 is 0 Å². The molecule has 1 aliphatic rings. The first-order valence-corrected chi connectivity index (χ1v) is 7.87. The molecule has 0 amide bonds. The molecule has 0 bridgehead atoms. The second-order valence-electron chi connectivity index (χ2n) is 5.78. The Balaban J connectivity index is 1.84. The van der Waals surface area contributed by atoms with Crippen LogP contribution in [0.15, 0.2) is 30.3 Å². The molecule has 0 spiro atoms. The van der Waals surface area contributed by atoms with Crippen molar-refractivity contribution in [3.8, 4) is 17.0 Å². The lowest BCUT2D eigenvalue weighted by Gasteiger charge is -2.28. The minimum Gasteiger partial charge on any atom is -0.406 e. The van der Waals surface area contributed by atoms with Gasteiger partial charge in [0.25, 0.3) is 0 Å². The van der Waals surface area contributed by atoms with E-state index in [0.29, 0.717) is 11.5 Å². The van der Waals surface area contributed by atoms with Gasteiger partial charge in [-0.25, -0.2) is 9.97 Å². The molecule has 1 fully saturated rings. The van der Waals surface area contributed by atoms with Gasteiger partial charge in [-0.3, -0.25) is 0 Å². The van der Waals surface area contributed by atoms with Crippen LogP contribution in [0.5, 0.6) is 5.75 Å². The van der Waals surface area contributed by atoms with E-state index in [2.05, 4.69) is 19.6 Å². The normalized spacial score (nSPS) is 15.4. The van der Waals surface area contributed by atoms with Crippen molar-refractivity contribution in [1.29, 1.82) is 0 Å². The van der Waals surface area contributed by atoms with Crippen LogP contribution in [0.4, 0.5) is 19.0 Å². The van der Waals surface area contributed by atoms with E-state index in [-0.39, 0.29) is 5.75 Å². The number of ether oxygens (including phenoxy) is 1. The second-order valence-corrected chi connectivity index (χ2v) is 5.78. The topological polar surface area (TPSA) is 38.2 Å². The summed E-state index contributed by atoms with van der Waals surface area (Å²) >= 11 is 0. The zero-order valence-electron chi connectivity index (χ0n) is 13.3. The van der Waals surface area contributed by atoms with E-state index in [4.69, 9.17) is 0 Å². The minimum atomic E-state index is -4.69. The molecule has 0 atom stereocenters. The van der Waals surface area contributed by atoms with Gasteiger partial charge in [0.15, 0.2) is 0 Å². The number of anilines is 1. The highest BCUT2D eigenvalue weighted by atomic mass is 19.4. The first kappa shape index (κ1) is 16.5. The van der Waals surface area contributed by atoms with Crippen molar-refractivity contribution >= 4 is 5.82 Å². The Bertz CT molecular complexity index is 695. The summed E-state index contributed by atoms with van der Waals surface area (Å²) in [6.07, 6.45) is -1.17. The van der Waals surface area contributed by atoms with Crippen LogP contribution in [-0.2, 0) is 0 Å². The molecule has 2 aromatic rings. The number of benzene rings is 1. The number of piperidine rings is 1. The molecule has 1 saturated heterocycles. The lowest BCUT2D eigenvalue weighted by atomic mass is 10.1. The molecule has 0 radical (unpaired) electrons. The summed E-state index contributed by atoms with van der Waals surface area (Å²) in [7, 11) is 0. The standard InChI is InChI=1S/C17H18F3N3O/c1-12-21-15(11-16(22-12)23-9-3-2-4-10-23)13-5-7-14(8-6-13)24-17(18,19)20/h5-8,11H,2-4,9-10H2,1H3. The minimum absolute atomic E-state index is 0.242. The lowest BCUT2D eigenvalue weighted by molar-refractivity contribution is -0.274. The third kappa shape index (κ3) is 4.15. The van der Waals surface area contributed by atoms with Gasteiger partial charge in [0.2, 0.25) is 0 Å². The number of aromatic nitrogens is 2. The van der Waals surface area contributed by atoms with Gasteiger partial charge in [0, 0.05) is 24.7 Å². The Morgan fingerprint density at radius 3 is 2.29 bits per heavy atom. The van der Waals surface area contributed by atoms with E-state index in [9.17, 15) is 13.2 Å². The zero-order valence-corrected chi connectivity index (χ0v) is 13.3. The first-order chi connectivity index (χ1) is 11.4. The Labute approximate surface area is 138 Å². The van der Waals surface area contributed by atoms with Crippen LogP contribution < -0.4 is 9.64 Å². The first-order valence-electron chi connectivity index (χ1n) is 7.87. The molecule has 1 aromatic heterocycles. The Morgan fingerprint density at radius 1 is 1.00 bits per heavy atom. The van der Waals surface area contributed by atoms with Crippen molar-refractivity contribution in [1.82, 2.24) is 9.97 Å². The van der Waals surface area contributed by atoms with Gasteiger partial charge < -0.3 is 9.64 Å². The summed E-state index contributed by atoms with van der Waals surface area (Å²) in [6, 6.07) is 7.62. The smallest absolute Gasteiger partial charge is 0.406 e. The highest BCUT2D eigenvalue weighted by Gasteiger charge is 2.31. The van der Waals surface area contributed by atoms with Crippen LogP contribution in [0.3, 0.4) is 0 Å². The summed E-state index contributed by atoms with van der Waals surface area (Å²) in [5, 5.41) is 0. The zero-order chi connectivity index (χ0) is 17.2. The summed E-state index contributed by atoms with van der Waals surface area (Å²) in [4.78, 5) is 11.1. The van der Waals surface area contributed by atoms with Crippen molar-refractivity contribution in [2.24, 2.45) is 0 Å². The van der Waals surface area contributed by atoms with Gasteiger partial charge in [0.05, 0.1) is 5.69 Å². The maximum atomic E-state index is 12.2. The van der Waals surface area contributed by atoms with Gasteiger partial charge >= 0.3 is 6.36 Å². The van der Waals surface area contributed by atoms with Crippen LogP contribution in [0.2, 0.25) is 0 Å².